The van der Waals surface area contributed by atoms with Crippen LogP contribution in [0.15, 0.2) is 0 Å². The molecule has 1 fully saturated rings. The molecule has 0 amide bonds. The average molecular weight is 378 g/mol. The Morgan fingerprint density at radius 3 is 2.69 bits per heavy atom. The van der Waals surface area contributed by atoms with Crippen molar-refractivity contribution in [2.24, 2.45) is 0 Å². The standard InChI is InChI=1S/C16H21F3N2O5/c1-23-5-2-6-24-13(22)10-21-12-3-4-15(25-7-8-26-15)9-11(12)14(20-21)16(17,18)19/h2-10H2,1H3. The number of aromatic nitrogens is 2. The minimum absolute atomic E-state index is 0.0277. The molecule has 2 heterocycles. The van der Waals surface area contributed by atoms with Crippen molar-refractivity contribution in [3.05, 3.63) is 17.0 Å². The van der Waals surface area contributed by atoms with E-state index in [0.717, 1.165) is 4.68 Å². The number of alkyl halides is 3. The van der Waals surface area contributed by atoms with Gasteiger partial charge in [-0.1, -0.05) is 0 Å². The number of hydrogen-bond acceptors (Lipinski definition) is 6. The molecular formula is C16H21F3N2O5. The number of halogens is 3. The van der Waals surface area contributed by atoms with Gasteiger partial charge in [-0.2, -0.15) is 18.3 Å². The zero-order chi connectivity index (χ0) is 18.8. The lowest BCUT2D eigenvalue weighted by molar-refractivity contribution is -0.167. The molecule has 1 spiro atoms. The van der Waals surface area contributed by atoms with Crippen LogP contribution in [-0.4, -0.2) is 55.1 Å². The maximum atomic E-state index is 13.4. The minimum atomic E-state index is -4.62. The number of nitrogens with zero attached hydrogens (tertiary/aromatic N) is 2. The Kier molecular flexibility index (Phi) is 5.54. The van der Waals surface area contributed by atoms with Crippen molar-refractivity contribution in [2.45, 2.75) is 44.2 Å². The molecule has 0 radical (unpaired) electrons. The molecule has 7 nitrogen and oxygen atoms in total. The number of esters is 1. The Morgan fingerprint density at radius 2 is 2.04 bits per heavy atom. The quantitative estimate of drug-likeness (QED) is 0.554. The molecule has 2 aliphatic rings. The predicted octanol–water partition coefficient (Wildman–Crippen LogP) is 1.71. The first-order chi connectivity index (χ1) is 12.3. The highest BCUT2D eigenvalue weighted by Crippen LogP contribution is 2.41. The predicted molar refractivity (Wildman–Crippen MR) is 81.3 cm³/mol. The van der Waals surface area contributed by atoms with Crippen LogP contribution in [0.1, 0.15) is 29.8 Å². The number of carbonyl (C=O) groups excluding carboxylic acids is 1. The first-order valence-electron chi connectivity index (χ1n) is 8.43. The Morgan fingerprint density at radius 1 is 1.31 bits per heavy atom. The molecule has 1 aromatic rings. The summed E-state index contributed by atoms with van der Waals surface area (Å²) in [7, 11) is 1.53. The van der Waals surface area contributed by atoms with Gasteiger partial charge in [0.05, 0.1) is 19.8 Å². The second-order valence-electron chi connectivity index (χ2n) is 6.28. The Hall–Kier alpha value is -1.65. The Bertz CT molecular complexity index is 653. The highest BCUT2D eigenvalue weighted by molar-refractivity contribution is 5.69. The molecule has 0 aromatic carbocycles. The first-order valence-corrected chi connectivity index (χ1v) is 8.43. The van der Waals surface area contributed by atoms with Gasteiger partial charge in [-0.05, 0) is 6.42 Å². The molecule has 26 heavy (non-hydrogen) atoms. The molecule has 0 atom stereocenters. The van der Waals surface area contributed by atoms with E-state index in [2.05, 4.69) is 5.10 Å². The van der Waals surface area contributed by atoms with Gasteiger partial charge in [0.2, 0.25) is 0 Å². The second kappa shape index (κ2) is 7.53. The molecule has 0 N–H and O–H groups in total. The number of hydrogen-bond donors (Lipinski definition) is 0. The fourth-order valence-corrected chi connectivity index (χ4v) is 3.33. The maximum Gasteiger partial charge on any atom is 0.435 e. The van der Waals surface area contributed by atoms with Crippen LogP contribution < -0.4 is 0 Å². The van der Waals surface area contributed by atoms with Gasteiger partial charge >= 0.3 is 12.1 Å². The minimum Gasteiger partial charge on any atom is -0.464 e. The molecule has 3 rings (SSSR count). The number of fused-ring (bicyclic) bond motifs is 1. The monoisotopic (exact) mass is 378 g/mol. The highest BCUT2D eigenvalue weighted by Gasteiger charge is 2.47. The number of methoxy groups -OCH3 is 1. The molecule has 146 valence electrons. The van der Waals surface area contributed by atoms with Gasteiger partial charge < -0.3 is 18.9 Å². The van der Waals surface area contributed by atoms with E-state index in [1.807, 2.05) is 0 Å². The summed E-state index contributed by atoms with van der Waals surface area (Å²) in [4.78, 5) is 11.9. The highest BCUT2D eigenvalue weighted by atomic mass is 19.4. The van der Waals surface area contributed by atoms with E-state index < -0.39 is 23.6 Å². The molecule has 0 unspecified atom stereocenters. The second-order valence-corrected chi connectivity index (χ2v) is 6.28. The van der Waals surface area contributed by atoms with E-state index in [-0.39, 0.29) is 31.6 Å². The molecule has 1 aliphatic heterocycles. The zero-order valence-corrected chi connectivity index (χ0v) is 14.4. The van der Waals surface area contributed by atoms with E-state index in [1.54, 1.807) is 0 Å². The molecule has 1 aromatic heterocycles. The molecule has 1 aliphatic carbocycles. The maximum absolute atomic E-state index is 13.4. The normalized spacial score (nSPS) is 18.9. The SMILES string of the molecule is COCCCOC(=O)Cn1nc(C(F)(F)F)c2c1CCC1(C2)OCCO1. The Balaban J connectivity index is 1.77. The van der Waals surface area contributed by atoms with Crippen LogP contribution in [0.3, 0.4) is 0 Å². The van der Waals surface area contributed by atoms with Crippen LogP contribution in [-0.2, 0) is 49.3 Å². The van der Waals surface area contributed by atoms with Crippen molar-refractivity contribution in [1.29, 1.82) is 0 Å². The lowest BCUT2D eigenvalue weighted by Gasteiger charge is -2.31. The third-order valence-electron chi connectivity index (χ3n) is 4.47. The van der Waals surface area contributed by atoms with E-state index in [0.29, 0.717) is 38.4 Å². The lowest BCUT2D eigenvalue weighted by Crippen LogP contribution is -2.38. The van der Waals surface area contributed by atoms with Gasteiger partial charge in [0.15, 0.2) is 11.5 Å². The third kappa shape index (κ3) is 4.02. The largest absolute Gasteiger partial charge is 0.464 e. The van der Waals surface area contributed by atoms with E-state index in [4.69, 9.17) is 18.9 Å². The molecule has 0 bridgehead atoms. The van der Waals surface area contributed by atoms with Crippen LogP contribution >= 0.6 is 0 Å². The summed E-state index contributed by atoms with van der Waals surface area (Å²) in [5, 5.41) is 3.66. The number of ether oxygens (including phenoxy) is 4. The van der Waals surface area contributed by atoms with Gasteiger partial charge in [0.1, 0.15) is 6.54 Å². The zero-order valence-electron chi connectivity index (χ0n) is 14.4. The van der Waals surface area contributed by atoms with Crippen molar-refractivity contribution in [3.63, 3.8) is 0 Å². The summed E-state index contributed by atoms with van der Waals surface area (Å²) in [5.41, 5.74) is -0.563. The van der Waals surface area contributed by atoms with E-state index in [9.17, 15) is 18.0 Å². The first kappa shape index (κ1) is 19.1. The molecular weight excluding hydrogens is 357 g/mol. The summed E-state index contributed by atoms with van der Waals surface area (Å²) in [6.45, 7) is 0.940. The fraction of sp³-hybridized carbons (Fsp3) is 0.750. The summed E-state index contributed by atoms with van der Waals surface area (Å²) >= 11 is 0. The van der Waals surface area contributed by atoms with Crippen molar-refractivity contribution >= 4 is 5.97 Å². The van der Waals surface area contributed by atoms with Crippen molar-refractivity contribution in [2.75, 3.05) is 33.5 Å². The molecule has 0 saturated carbocycles. The van der Waals surface area contributed by atoms with Crippen LogP contribution in [0.4, 0.5) is 13.2 Å². The van der Waals surface area contributed by atoms with Gasteiger partial charge in [0.25, 0.3) is 0 Å². The number of rotatable bonds is 6. The van der Waals surface area contributed by atoms with E-state index in [1.165, 1.54) is 7.11 Å². The summed E-state index contributed by atoms with van der Waals surface area (Å²) in [6, 6.07) is 0. The molecule has 10 heteroatoms. The summed E-state index contributed by atoms with van der Waals surface area (Å²) < 4.78 is 62.2. The van der Waals surface area contributed by atoms with Crippen LogP contribution in [0.2, 0.25) is 0 Å². The van der Waals surface area contributed by atoms with Crippen LogP contribution in [0, 0.1) is 0 Å². The van der Waals surface area contributed by atoms with Crippen molar-refractivity contribution < 1.29 is 36.9 Å². The fourth-order valence-electron chi connectivity index (χ4n) is 3.33. The van der Waals surface area contributed by atoms with Gasteiger partial charge in [-0.25, -0.2) is 0 Å². The summed E-state index contributed by atoms with van der Waals surface area (Å²) in [6.07, 6.45) is -3.42. The van der Waals surface area contributed by atoms with Gasteiger partial charge in [-0.3, -0.25) is 9.48 Å². The van der Waals surface area contributed by atoms with Crippen molar-refractivity contribution in [1.82, 2.24) is 9.78 Å². The smallest absolute Gasteiger partial charge is 0.435 e. The lowest BCUT2D eigenvalue weighted by atomic mass is 9.90. The van der Waals surface area contributed by atoms with Gasteiger partial charge in [0, 0.05) is 44.2 Å². The van der Waals surface area contributed by atoms with Crippen LogP contribution in [0.5, 0.6) is 0 Å². The summed E-state index contributed by atoms with van der Waals surface area (Å²) in [5.74, 6) is -1.64. The van der Waals surface area contributed by atoms with Gasteiger partial charge in [-0.15, -0.1) is 0 Å². The van der Waals surface area contributed by atoms with Crippen molar-refractivity contribution in [3.8, 4) is 0 Å². The van der Waals surface area contributed by atoms with Crippen LogP contribution in [0.25, 0.3) is 0 Å². The van der Waals surface area contributed by atoms with E-state index >= 15 is 0 Å². The average Bonchev–Trinajstić information content (AvgIpc) is 3.16. The topological polar surface area (TPSA) is 71.8 Å². The number of carbonyl (C=O) groups is 1. The molecule has 1 saturated heterocycles. The third-order valence-corrected chi connectivity index (χ3v) is 4.47. The Labute approximate surface area is 148 Å².